The van der Waals surface area contributed by atoms with Gasteiger partial charge in [-0.15, -0.1) is 0 Å². The Morgan fingerprint density at radius 1 is 1.39 bits per heavy atom. The highest BCUT2D eigenvalue weighted by molar-refractivity contribution is 5.99. The first-order valence-corrected chi connectivity index (χ1v) is 5.84. The molecule has 0 N–H and O–H groups in total. The van der Waals surface area contributed by atoms with Gasteiger partial charge in [0.2, 0.25) is 5.91 Å². The van der Waals surface area contributed by atoms with E-state index in [1.54, 1.807) is 4.90 Å². The van der Waals surface area contributed by atoms with E-state index in [4.69, 9.17) is 0 Å². The third-order valence-corrected chi connectivity index (χ3v) is 3.04. The number of hydrogen-bond acceptors (Lipinski definition) is 4. The summed E-state index contributed by atoms with van der Waals surface area (Å²) in [7, 11) is 1.34. The molecule has 0 radical (unpaired) electrons. The van der Waals surface area contributed by atoms with Gasteiger partial charge in [-0.3, -0.25) is 14.6 Å². The van der Waals surface area contributed by atoms with Crippen molar-refractivity contribution >= 4 is 17.6 Å². The number of pyridine rings is 1. The molecule has 0 saturated carbocycles. The molecule has 96 valence electrons. The number of amides is 1. The lowest BCUT2D eigenvalue weighted by atomic mass is 10.1. The molecule has 2 rings (SSSR count). The molecule has 1 aliphatic rings. The number of carbonyl (C=O) groups is 2. The highest BCUT2D eigenvalue weighted by Crippen LogP contribution is 2.26. The first-order valence-electron chi connectivity index (χ1n) is 5.84. The van der Waals surface area contributed by atoms with Crippen LogP contribution < -0.4 is 4.90 Å². The fraction of sp³-hybridized carbons (Fsp3) is 0.462. The lowest BCUT2D eigenvalue weighted by Gasteiger charge is -2.17. The number of ether oxygens (including phenoxy) is 1. The van der Waals surface area contributed by atoms with Crippen molar-refractivity contribution in [2.24, 2.45) is 5.92 Å². The Labute approximate surface area is 106 Å². The lowest BCUT2D eigenvalue weighted by Crippen LogP contribution is -2.26. The standard InChI is InChI=1S/C13H16N2O3/c1-8-4-11(5-9(2)14-8)15-7-10(6-12(15)16)13(17)18-3/h4-5,10H,6-7H2,1-3H3. The summed E-state index contributed by atoms with van der Waals surface area (Å²) in [6.07, 6.45) is 0.215. The van der Waals surface area contributed by atoms with Crippen LogP contribution in [-0.4, -0.2) is 30.5 Å². The molecule has 0 aromatic carbocycles. The second kappa shape index (κ2) is 4.76. The molecule has 5 nitrogen and oxygen atoms in total. The van der Waals surface area contributed by atoms with E-state index in [1.807, 2.05) is 26.0 Å². The summed E-state index contributed by atoms with van der Waals surface area (Å²) in [6, 6.07) is 3.70. The molecule has 2 heterocycles. The van der Waals surface area contributed by atoms with Crippen LogP contribution in [0, 0.1) is 19.8 Å². The fourth-order valence-corrected chi connectivity index (χ4v) is 2.25. The molecule has 5 heteroatoms. The Hall–Kier alpha value is -1.91. The zero-order valence-corrected chi connectivity index (χ0v) is 10.8. The van der Waals surface area contributed by atoms with Crippen LogP contribution in [-0.2, 0) is 14.3 Å². The van der Waals surface area contributed by atoms with Crippen molar-refractivity contribution in [1.29, 1.82) is 0 Å². The largest absolute Gasteiger partial charge is 0.469 e. The van der Waals surface area contributed by atoms with Gasteiger partial charge in [0, 0.05) is 30.0 Å². The second-order valence-electron chi connectivity index (χ2n) is 4.54. The van der Waals surface area contributed by atoms with Crippen molar-refractivity contribution in [1.82, 2.24) is 4.98 Å². The van der Waals surface area contributed by atoms with Crippen molar-refractivity contribution in [3.05, 3.63) is 23.5 Å². The average Bonchev–Trinajstić information content (AvgIpc) is 2.69. The SMILES string of the molecule is COC(=O)C1CC(=O)N(c2cc(C)nc(C)c2)C1. The van der Waals surface area contributed by atoms with Gasteiger partial charge in [-0.1, -0.05) is 0 Å². The van der Waals surface area contributed by atoms with E-state index in [0.29, 0.717) is 6.54 Å². The molecule has 0 spiro atoms. The Balaban J connectivity index is 2.24. The Kier molecular flexibility index (Phi) is 3.32. The number of methoxy groups -OCH3 is 1. The van der Waals surface area contributed by atoms with Crippen LogP contribution in [0.5, 0.6) is 0 Å². The Morgan fingerprint density at radius 2 is 2.00 bits per heavy atom. The second-order valence-corrected chi connectivity index (χ2v) is 4.54. The van der Waals surface area contributed by atoms with E-state index in [9.17, 15) is 9.59 Å². The van der Waals surface area contributed by atoms with Gasteiger partial charge in [0.15, 0.2) is 0 Å². The minimum atomic E-state index is -0.365. The third-order valence-electron chi connectivity index (χ3n) is 3.04. The van der Waals surface area contributed by atoms with Gasteiger partial charge in [-0.2, -0.15) is 0 Å². The zero-order valence-electron chi connectivity index (χ0n) is 10.8. The molecule has 0 bridgehead atoms. The van der Waals surface area contributed by atoms with Gasteiger partial charge in [-0.05, 0) is 26.0 Å². The highest BCUT2D eigenvalue weighted by atomic mass is 16.5. The van der Waals surface area contributed by atoms with Crippen molar-refractivity contribution < 1.29 is 14.3 Å². The molecule has 1 aromatic heterocycles. The predicted molar refractivity (Wildman–Crippen MR) is 66.2 cm³/mol. The summed E-state index contributed by atoms with van der Waals surface area (Å²) < 4.78 is 4.68. The molecule has 1 fully saturated rings. The fourth-order valence-electron chi connectivity index (χ4n) is 2.25. The topological polar surface area (TPSA) is 59.5 Å². The first-order chi connectivity index (χ1) is 8.51. The normalized spacial score (nSPS) is 19.2. The van der Waals surface area contributed by atoms with E-state index >= 15 is 0 Å². The molecular weight excluding hydrogens is 232 g/mol. The maximum absolute atomic E-state index is 11.9. The lowest BCUT2D eigenvalue weighted by molar-refractivity contribution is -0.145. The molecular formula is C13H16N2O3. The van der Waals surface area contributed by atoms with Gasteiger partial charge >= 0.3 is 5.97 Å². The average molecular weight is 248 g/mol. The smallest absolute Gasteiger partial charge is 0.311 e. The van der Waals surface area contributed by atoms with E-state index in [1.165, 1.54) is 7.11 Å². The first kappa shape index (κ1) is 12.5. The molecule has 1 aromatic rings. The minimum absolute atomic E-state index is 0.0459. The van der Waals surface area contributed by atoms with Gasteiger partial charge < -0.3 is 9.64 Å². The number of rotatable bonds is 2. The third kappa shape index (κ3) is 2.34. The van der Waals surface area contributed by atoms with Gasteiger partial charge in [-0.25, -0.2) is 0 Å². The van der Waals surface area contributed by atoms with Crippen molar-refractivity contribution in [2.45, 2.75) is 20.3 Å². The minimum Gasteiger partial charge on any atom is -0.469 e. The molecule has 1 saturated heterocycles. The molecule has 1 amide bonds. The highest BCUT2D eigenvalue weighted by Gasteiger charge is 2.35. The number of hydrogen-bond donors (Lipinski definition) is 0. The zero-order chi connectivity index (χ0) is 13.3. The van der Waals surface area contributed by atoms with Gasteiger partial charge in [0.1, 0.15) is 0 Å². The van der Waals surface area contributed by atoms with Crippen LogP contribution in [0.15, 0.2) is 12.1 Å². The Morgan fingerprint density at radius 3 is 2.56 bits per heavy atom. The van der Waals surface area contributed by atoms with Gasteiger partial charge in [0.25, 0.3) is 0 Å². The monoisotopic (exact) mass is 248 g/mol. The summed E-state index contributed by atoms with van der Waals surface area (Å²) in [5.74, 6) is -0.736. The molecule has 0 aliphatic carbocycles. The maximum atomic E-state index is 11.9. The number of anilines is 1. The summed E-state index contributed by atoms with van der Waals surface area (Å²) >= 11 is 0. The van der Waals surface area contributed by atoms with Crippen LogP contribution in [0.2, 0.25) is 0 Å². The Bertz CT molecular complexity index is 479. The van der Waals surface area contributed by atoms with E-state index in [2.05, 4.69) is 9.72 Å². The van der Waals surface area contributed by atoms with Crippen LogP contribution in [0.25, 0.3) is 0 Å². The molecule has 1 aliphatic heterocycles. The molecule has 1 unspecified atom stereocenters. The van der Waals surface area contributed by atoms with Crippen molar-refractivity contribution in [3.8, 4) is 0 Å². The molecule has 18 heavy (non-hydrogen) atoms. The number of aromatic nitrogens is 1. The van der Waals surface area contributed by atoms with E-state index in [0.717, 1.165) is 17.1 Å². The van der Waals surface area contributed by atoms with Crippen LogP contribution in [0.3, 0.4) is 0 Å². The van der Waals surface area contributed by atoms with E-state index in [-0.39, 0.29) is 24.2 Å². The number of nitrogens with zero attached hydrogens (tertiary/aromatic N) is 2. The quantitative estimate of drug-likeness (QED) is 0.738. The summed E-state index contributed by atoms with van der Waals surface area (Å²) in [5.41, 5.74) is 2.52. The maximum Gasteiger partial charge on any atom is 0.311 e. The van der Waals surface area contributed by atoms with Crippen LogP contribution >= 0.6 is 0 Å². The van der Waals surface area contributed by atoms with Crippen molar-refractivity contribution in [3.63, 3.8) is 0 Å². The number of esters is 1. The van der Waals surface area contributed by atoms with Gasteiger partial charge in [0.05, 0.1) is 13.0 Å². The van der Waals surface area contributed by atoms with Crippen LogP contribution in [0.1, 0.15) is 17.8 Å². The summed E-state index contributed by atoms with van der Waals surface area (Å²) in [6.45, 7) is 4.15. The summed E-state index contributed by atoms with van der Waals surface area (Å²) in [4.78, 5) is 29.3. The number of aryl methyl sites for hydroxylation is 2. The van der Waals surface area contributed by atoms with Crippen LogP contribution in [0.4, 0.5) is 5.69 Å². The van der Waals surface area contributed by atoms with Crippen molar-refractivity contribution in [2.75, 3.05) is 18.6 Å². The predicted octanol–water partition coefficient (Wildman–Crippen LogP) is 1.22. The van der Waals surface area contributed by atoms with E-state index < -0.39 is 0 Å². The molecule has 1 atom stereocenters. The summed E-state index contributed by atoms with van der Waals surface area (Å²) in [5, 5.41) is 0. The number of carbonyl (C=O) groups excluding carboxylic acids is 2.